The van der Waals surface area contributed by atoms with Crippen molar-refractivity contribution in [3.63, 3.8) is 0 Å². The molecule has 0 aliphatic carbocycles. The fourth-order valence-corrected chi connectivity index (χ4v) is 3.37. The van der Waals surface area contributed by atoms with E-state index in [4.69, 9.17) is 4.74 Å². The zero-order chi connectivity index (χ0) is 19.1. The Hall–Kier alpha value is -2.19. The number of benzene rings is 1. The van der Waals surface area contributed by atoms with E-state index in [1.807, 2.05) is 0 Å². The molecule has 2 saturated heterocycles. The van der Waals surface area contributed by atoms with Gasteiger partial charge in [0.1, 0.15) is 5.82 Å². The van der Waals surface area contributed by atoms with Crippen LogP contribution in [0.15, 0.2) is 24.3 Å². The first-order valence-corrected chi connectivity index (χ1v) is 9.51. The average molecular weight is 378 g/mol. The Morgan fingerprint density at radius 3 is 2.33 bits per heavy atom. The number of amides is 2. The Bertz CT molecular complexity index is 626. The molecule has 1 N–H and O–H groups in total. The first-order valence-electron chi connectivity index (χ1n) is 9.51. The normalized spacial score (nSPS) is 18.4. The molecule has 2 aliphatic heterocycles. The molecule has 1 aromatic rings. The Morgan fingerprint density at radius 2 is 1.67 bits per heavy atom. The number of anilines is 1. The van der Waals surface area contributed by atoms with Gasteiger partial charge in [0.2, 0.25) is 0 Å². The summed E-state index contributed by atoms with van der Waals surface area (Å²) in [6.45, 7) is 6.98. The molecule has 2 aliphatic rings. The van der Waals surface area contributed by atoms with Crippen LogP contribution in [0.2, 0.25) is 0 Å². The van der Waals surface area contributed by atoms with Gasteiger partial charge in [0.15, 0.2) is 0 Å². The number of ether oxygens (including phenoxy) is 1. The topological polar surface area (TPSA) is 65.1 Å². The van der Waals surface area contributed by atoms with Crippen LogP contribution in [0, 0.1) is 5.82 Å². The molecule has 0 radical (unpaired) electrons. The van der Waals surface area contributed by atoms with E-state index >= 15 is 0 Å². The van der Waals surface area contributed by atoms with Crippen molar-refractivity contribution in [1.82, 2.24) is 15.1 Å². The van der Waals surface area contributed by atoms with E-state index in [1.54, 1.807) is 17.0 Å². The van der Waals surface area contributed by atoms with E-state index in [0.29, 0.717) is 32.7 Å². The first kappa shape index (κ1) is 19.6. The highest BCUT2D eigenvalue weighted by molar-refractivity contribution is 6.35. The van der Waals surface area contributed by atoms with E-state index < -0.39 is 11.8 Å². The predicted molar refractivity (Wildman–Crippen MR) is 100 cm³/mol. The number of hydrogen-bond acceptors (Lipinski definition) is 5. The van der Waals surface area contributed by atoms with Crippen molar-refractivity contribution in [2.75, 3.05) is 70.5 Å². The smallest absolute Gasteiger partial charge is 0.312 e. The van der Waals surface area contributed by atoms with E-state index in [9.17, 15) is 14.0 Å². The number of morpholine rings is 1. The number of halogens is 1. The van der Waals surface area contributed by atoms with Crippen LogP contribution < -0.4 is 10.2 Å². The minimum Gasteiger partial charge on any atom is -0.379 e. The lowest BCUT2D eigenvalue weighted by Gasteiger charge is -2.35. The third-order valence-corrected chi connectivity index (χ3v) is 4.99. The number of nitrogens with one attached hydrogen (secondary N) is 1. The molecule has 0 bridgehead atoms. The SMILES string of the molecule is O=C(NCCCN1CCOCC1)C(=O)N1CCN(c2ccc(F)cc2)CC1. The second kappa shape index (κ2) is 9.66. The maximum absolute atomic E-state index is 13.0. The summed E-state index contributed by atoms with van der Waals surface area (Å²) in [5.74, 6) is -1.27. The van der Waals surface area contributed by atoms with Crippen LogP contribution >= 0.6 is 0 Å². The predicted octanol–water partition coefficient (Wildman–Crippen LogP) is 0.313. The zero-order valence-electron chi connectivity index (χ0n) is 15.5. The van der Waals surface area contributed by atoms with Crippen LogP contribution in [0.5, 0.6) is 0 Å². The summed E-state index contributed by atoms with van der Waals surface area (Å²) in [6.07, 6.45) is 0.817. The lowest BCUT2D eigenvalue weighted by atomic mass is 10.2. The maximum Gasteiger partial charge on any atom is 0.312 e. The first-order chi connectivity index (χ1) is 13.1. The second-order valence-electron chi connectivity index (χ2n) is 6.82. The molecule has 0 saturated carbocycles. The van der Waals surface area contributed by atoms with E-state index in [0.717, 1.165) is 45.0 Å². The number of nitrogens with zero attached hydrogens (tertiary/aromatic N) is 3. The molecule has 2 heterocycles. The quantitative estimate of drug-likeness (QED) is 0.590. The van der Waals surface area contributed by atoms with Crippen LogP contribution in [0.1, 0.15) is 6.42 Å². The van der Waals surface area contributed by atoms with Gasteiger partial charge in [0.05, 0.1) is 13.2 Å². The highest BCUT2D eigenvalue weighted by Gasteiger charge is 2.25. The molecule has 148 valence electrons. The second-order valence-corrected chi connectivity index (χ2v) is 6.82. The van der Waals surface area contributed by atoms with Crippen molar-refractivity contribution in [2.45, 2.75) is 6.42 Å². The number of piperazine rings is 1. The van der Waals surface area contributed by atoms with Gasteiger partial charge in [-0.1, -0.05) is 0 Å². The number of rotatable bonds is 5. The Balaban J connectivity index is 1.35. The molecule has 0 atom stereocenters. The summed E-state index contributed by atoms with van der Waals surface area (Å²) in [4.78, 5) is 30.4. The summed E-state index contributed by atoms with van der Waals surface area (Å²) < 4.78 is 18.3. The van der Waals surface area contributed by atoms with Gasteiger partial charge in [-0.25, -0.2) is 4.39 Å². The molecule has 0 unspecified atom stereocenters. The molecule has 3 rings (SSSR count). The van der Waals surface area contributed by atoms with Crippen LogP contribution in [-0.2, 0) is 14.3 Å². The summed E-state index contributed by atoms with van der Waals surface area (Å²) >= 11 is 0. The van der Waals surface area contributed by atoms with Crippen molar-refractivity contribution in [3.8, 4) is 0 Å². The van der Waals surface area contributed by atoms with Gasteiger partial charge in [-0.2, -0.15) is 0 Å². The number of carbonyl (C=O) groups is 2. The summed E-state index contributed by atoms with van der Waals surface area (Å²) in [6, 6.07) is 6.32. The Kier molecular flexibility index (Phi) is 7.00. The molecule has 1 aromatic carbocycles. The van der Waals surface area contributed by atoms with Crippen molar-refractivity contribution in [2.24, 2.45) is 0 Å². The highest BCUT2D eigenvalue weighted by atomic mass is 19.1. The minimum atomic E-state index is -0.535. The largest absolute Gasteiger partial charge is 0.379 e. The van der Waals surface area contributed by atoms with E-state index in [2.05, 4.69) is 15.1 Å². The van der Waals surface area contributed by atoms with E-state index in [1.165, 1.54) is 12.1 Å². The fourth-order valence-electron chi connectivity index (χ4n) is 3.37. The zero-order valence-corrected chi connectivity index (χ0v) is 15.5. The fraction of sp³-hybridized carbons (Fsp3) is 0.579. The van der Waals surface area contributed by atoms with Gasteiger partial charge >= 0.3 is 11.8 Å². The number of carbonyl (C=O) groups excluding carboxylic acids is 2. The molecule has 2 fully saturated rings. The van der Waals surface area contributed by atoms with Crippen molar-refractivity contribution in [3.05, 3.63) is 30.1 Å². The van der Waals surface area contributed by atoms with Crippen LogP contribution in [0.3, 0.4) is 0 Å². The monoisotopic (exact) mass is 378 g/mol. The van der Waals surface area contributed by atoms with Gasteiger partial charge in [0, 0.05) is 51.5 Å². The van der Waals surface area contributed by atoms with E-state index in [-0.39, 0.29) is 5.82 Å². The van der Waals surface area contributed by atoms with Gasteiger partial charge in [-0.3, -0.25) is 14.5 Å². The third-order valence-electron chi connectivity index (χ3n) is 4.99. The molecule has 27 heavy (non-hydrogen) atoms. The lowest BCUT2D eigenvalue weighted by molar-refractivity contribution is -0.146. The van der Waals surface area contributed by atoms with Gasteiger partial charge in [0.25, 0.3) is 0 Å². The summed E-state index contributed by atoms with van der Waals surface area (Å²) in [7, 11) is 0. The maximum atomic E-state index is 13.0. The molecular formula is C19H27FN4O3. The Labute approximate surface area is 159 Å². The van der Waals surface area contributed by atoms with Crippen molar-refractivity contribution in [1.29, 1.82) is 0 Å². The van der Waals surface area contributed by atoms with Crippen LogP contribution in [-0.4, -0.2) is 87.2 Å². The van der Waals surface area contributed by atoms with Crippen molar-refractivity contribution < 1.29 is 18.7 Å². The third kappa shape index (κ3) is 5.64. The minimum absolute atomic E-state index is 0.266. The lowest BCUT2D eigenvalue weighted by Crippen LogP contribution is -2.52. The van der Waals surface area contributed by atoms with Gasteiger partial charge in [-0.15, -0.1) is 0 Å². The van der Waals surface area contributed by atoms with Gasteiger partial charge < -0.3 is 19.9 Å². The average Bonchev–Trinajstić information content (AvgIpc) is 2.72. The highest BCUT2D eigenvalue weighted by Crippen LogP contribution is 2.16. The summed E-state index contributed by atoms with van der Waals surface area (Å²) in [5.41, 5.74) is 0.927. The number of hydrogen-bond donors (Lipinski definition) is 1. The molecule has 0 spiro atoms. The summed E-state index contributed by atoms with van der Waals surface area (Å²) in [5, 5.41) is 2.73. The molecule has 8 heteroatoms. The molecule has 0 aromatic heterocycles. The Morgan fingerprint density at radius 1 is 1.00 bits per heavy atom. The standard InChI is InChI=1S/C19H27FN4O3/c20-16-2-4-17(5-3-16)23-8-10-24(11-9-23)19(26)18(25)21-6-1-7-22-12-14-27-15-13-22/h2-5H,1,6-15H2,(H,21,25). The molecular weight excluding hydrogens is 351 g/mol. The molecule has 2 amide bonds. The van der Waals surface area contributed by atoms with Crippen LogP contribution in [0.4, 0.5) is 10.1 Å². The van der Waals surface area contributed by atoms with Crippen molar-refractivity contribution >= 4 is 17.5 Å². The van der Waals surface area contributed by atoms with Gasteiger partial charge in [-0.05, 0) is 37.2 Å². The molecule has 7 nitrogen and oxygen atoms in total. The van der Waals surface area contributed by atoms with Crippen LogP contribution in [0.25, 0.3) is 0 Å².